The van der Waals surface area contributed by atoms with Crippen molar-refractivity contribution in [2.45, 2.75) is 20.3 Å². The number of nitrogens with zero attached hydrogens (tertiary/aromatic N) is 2. The highest BCUT2D eigenvalue weighted by molar-refractivity contribution is 6.00. The molecule has 4 heteroatoms. The fraction of sp³-hybridized carbons (Fsp3) is 0.176. The molecule has 104 valence electrons. The van der Waals surface area contributed by atoms with Gasteiger partial charge >= 0.3 is 0 Å². The summed E-state index contributed by atoms with van der Waals surface area (Å²) in [6.45, 7) is 4.02. The van der Waals surface area contributed by atoms with Gasteiger partial charge < -0.3 is 9.88 Å². The topological polar surface area (TPSA) is 46.9 Å². The summed E-state index contributed by atoms with van der Waals surface area (Å²) in [6, 6.07) is 10.3. The quantitative estimate of drug-likeness (QED) is 0.742. The van der Waals surface area contributed by atoms with Crippen molar-refractivity contribution in [1.82, 2.24) is 9.55 Å². The Labute approximate surface area is 122 Å². The van der Waals surface area contributed by atoms with E-state index < -0.39 is 0 Å². The first-order valence-electron chi connectivity index (χ1n) is 7.00. The molecule has 1 aromatic carbocycles. The Bertz CT molecular complexity index is 892. The maximum atomic E-state index is 11.6. The average Bonchev–Trinajstić information content (AvgIpc) is 3.01. The minimum Gasteiger partial charge on any atom is -0.325 e. The van der Waals surface area contributed by atoms with Gasteiger partial charge in [-0.2, -0.15) is 0 Å². The van der Waals surface area contributed by atoms with Gasteiger partial charge in [-0.3, -0.25) is 4.79 Å². The van der Waals surface area contributed by atoms with Crippen LogP contribution in [0.2, 0.25) is 0 Å². The van der Waals surface area contributed by atoms with Crippen LogP contribution in [0.4, 0.5) is 5.69 Å². The first kappa shape index (κ1) is 12.1. The number of aromatic nitrogens is 2. The average molecular weight is 277 g/mol. The van der Waals surface area contributed by atoms with Crippen LogP contribution >= 0.6 is 0 Å². The van der Waals surface area contributed by atoms with Crippen molar-refractivity contribution in [3.8, 4) is 5.69 Å². The SMILES string of the molecule is Cc1ccc2ccn(-c3cc(C)c4c(c3)CC(=O)N4)c2n1. The minimum atomic E-state index is 0.0663. The van der Waals surface area contributed by atoms with E-state index in [9.17, 15) is 4.79 Å². The van der Waals surface area contributed by atoms with Crippen LogP contribution in [0.3, 0.4) is 0 Å². The first-order chi connectivity index (χ1) is 10.1. The molecule has 1 aliphatic rings. The molecule has 0 fully saturated rings. The van der Waals surface area contributed by atoms with Crippen LogP contribution in [0, 0.1) is 13.8 Å². The number of hydrogen-bond acceptors (Lipinski definition) is 2. The molecule has 2 aromatic heterocycles. The lowest BCUT2D eigenvalue weighted by Crippen LogP contribution is -2.04. The Hall–Kier alpha value is -2.62. The largest absolute Gasteiger partial charge is 0.325 e. The van der Waals surface area contributed by atoms with E-state index in [-0.39, 0.29) is 5.91 Å². The molecule has 1 amide bonds. The number of rotatable bonds is 1. The molecule has 0 saturated heterocycles. The smallest absolute Gasteiger partial charge is 0.228 e. The molecule has 0 radical (unpaired) electrons. The van der Waals surface area contributed by atoms with E-state index in [1.165, 1.54) is 0 Å². The third-order valence-electron chi connectivity index (χ3n) is 3.97. The van der Waals surface area contributed by atoms with Gasteiger partial charge in [-0.25, -0.2) is 4.98 Å². The summed E-state index contributed by atoms with van der Waals surface area (Å²) < 4.78 is 2.08. The van der Waals surface area contributed by atoms with E-state index >= 15 is 0 Å². The molecule has 3 heterocycles. The summed E-state index contributed by atoms with van der Waals surface area (Å²) >= 11 is 0. The zero-order valence-corrected chi connectivity index (χ0v) is 12.0. The third kappa shape index (κ3) is 1.83. The lowest BCUT2D eigenvalue weighted by atomic mass is 10.1. The van der Waals surface area contributed by atoms with Crippen molar-refractivity contribution in [3.05, 3.63) is 53.3 Å². The van der Waals surface area contributed by atoms with E-state index in [1.807, 2.05) is 26.1 Å². The van der Waals surface area contributed by atoms with Gasteiger partial charge in [0.2, 0.25) is 5.91 Å². The van der Waals surface area contributed by atoms with Crippen LogP contribution in [-0.2, 0) is 11.2 Å². The van der Waals surface area contributed by atoms with E-state index in [0.29, 0.717) is 6.42 Å². The molecule has 4 rings (SSSR count). The fourth-order valence-corrected chi connectivity index (χ4v) is 2.96. The van der Waals surface area contributed by atoms with Crippen molar-refractivity contribution in [3.63, 3.8) is 0 Å². The van der Waals surface area contributed by atoms with Crippen LogP contribution < -0.4 is 5.32 Å². The molecule has 0 spiro atoms. The summed E-state index contributed by atoms with van der Waals surface area (Å²) in [7, 11) is 0. The highest BCUT2D eigenvalue weighted by Crippen LogP contribution is 2.31. The van der Waals surface area contributed by atoms with Gasteiger partial charge in [0.1, 0.15) is 5.65 Å². The summed E-state index contributed by atoms with van der Waals surface area (Å²) in [5, 5.41) is 4.04. The molecule has 0 aliphatic carbocycles. The predicted octanol–water partition coefficient (Wildman–Crippen LogP) is 3.14. The number of nitrogens with one attached hydrogen (secondary N) is 1. The number of amides is 1. The van der Waals surface area contributed by atoms with Crippen molar-refractivity contribution in [2.75, 3.05) is 5.32 Å². The number of benzene rings is 1. The molecule has 0 atom stereocenters. The monoisotopic (exact) mass is 277 g/mol. The van der Waals surface area contributed by atoms with Gasteiger partial charge in [0, 0.05) is 28.7 Å². The van der Waals surface area contributed by atoms with Crippen LogP contribution in [-0.4, -0.2) is 15.5 Å². The van der Waals surface area contributed by atoms with E-state index in [2.05, 4.69) is 39.1 Å². The van der Waals surface area contributed by atoms with Crippen LogP contribution in [0.5, 0.6) is 0 Å². The lowest BCUT2D eigenvalue weighted by molar-refractivity contribution is -0.115. The summed E-state index contributed by atoms with van der Waals surface area (Å²) in [5.41, 5.74) is 6.11. The number of carbonyl (C=O) groups is 1. The molecule has 21 heavy (non-hydrogen) atoms. The number of fused-ring (bicyclic) bond motifs is 2. The van der Waals surface area contributed by atoms with Crippen molar-refractivity contribution >= 4 is 22.6 Å². The van der Waals surface area contributed by atoms with Crippen LogP contribution in [0.25, 0.3) is 16.7 Å². The highest BCUT2D eigenvalue weighted by Gasteiger charge is 2.20. The number of carbonyl (C=O) groups excluding carboxylic acids is 1. The zero-order valence-electron chi connectivity index (χ0n) is 12.0. The Morgan fingerprint density at radius 2 is 2.05 bits per heavy atom. The van der Waals surface area contributed by atoms with Crippen LogP contribution in [0.15, 0.2) is 36.5 Å². The Kier molecular flexibility index (Phi) is 2.42. The lowest BCUT2D eigenvalue weighted by Gasteiger charge is -2.10. The Morgan fingerprint density at radius 3 is 2.90 bits per heavy atom. The molecule has 3 aromatic rings. The van der Waals surface area contributed by atoms with Crippen LogP contribution in [0.1, 0.15) is 16.8 Å². The van der Waals surface area contributed by atoms with E-state index in [0.717, 1.165) is 39.2 Å². The molecule has 4 nitrogen and oxygen atoms in total. The molecular weight excluding hydrogens is 262 g/mol. The van der Waals surface area contributed by atoms with Gasteiger partial charge in [-0.05, 0) is 55.3 Å². The van der Waals surface area contributed by atoms with Gasteiger partial charge in [0.15, 0.2) is 0 Å². The molecule has 0 bridgehead atoms. The molecule has 0 unspecified atom stereocenters. The van der Waals surface area contributed by atoms with Crippen molar-refractivity contribution in [1.29, 1.82) is 0 Å². The number of pyridine rings is 1. The van der Waals surface area contributed by atoms with E-state index in [1.54, 1.807) is 0 Å². The number of anilines is 1. The third-order valence-corrected chi connectivity index (χ3v) is 3.97. The Morgan fingerprint density at radius 1 is 1.19 bits per heavy atom. The summed E-state index contributed by atoms with van der Waals surface area (Å²) in [5.74, 6) is 0.0663. The van der Waals surface area contributed by atoms with E-state index in [4.69, 9.17) is 0 Å². The molecular formula is C17H15N3O. The van der Waals surface area contributed by atoms with Gasteiger partial charge in [0.05, 0.1) is 6.42 Å². The fourth-order valence-electron chi connectivity index (χ4n) is 2.96. The second-order valence-corrected chi connectivity index (χ2v) is 5.57. The van der Waals surface area contributed by atoms with Crippen molar-refractivity contribution < 1.29 is 4.79 Å². The van der Waals surface area contributed by atoms with Gasteiger partial charge in [-0.15, -0.1) is 0 Å². The first-order valence-corrected chi connectivity index (χ1v) is 7.00. The minimum absolute atomic E-state index is 0.0663. The molecule has 1 N–H and O–H groups in total. The predicted molar refractivity (Wildman–Crippen MR) is 82.9 cm³/mol. The maximum Gasteiger partial charge on any atom is 0.228 e. The number of hydrogen-bond donors (Lipinski definition) is 1. The maximum absolute atomic E-state index is 11.6. The Balaban J connectivity index is 1.94. The van der Waals surface area contributed by atoms with Gasteiger partial charge in [0.25, 0.3) is 0 Å². The normalized spacial score (nSPS) is 13.5. The number of aryl methyl sites for hydroxylation is 2. The van der Waals surface area contributed by atoms with Crippen molar-refractivity contribution in [2.24, 2.45) is 0 Å². The highest BCUT2D eigenvalue weighted by atomic mass is 16.1. The second kappa shape index (κ2) is 4.19. The zero-order chi connectivity index (χ0) is 14.6. The standard InChI is InChI=1S/C17H15N3O/c1-10-7-14(8-13-9-15(21)19-16(10)13)20-6-5-12-4-3-11(2)18-17(12)20/h3-8H,9H2,1-2H3,(H,19,21). The second-order valence-electron chi connectivity index (χ2n) is 5.57. The summed E-state index contributed by atoms with van der Waals surface area (Å²) in [6.07, 6.45) is 2.48. The molecule has 1 aliphatic heterocycles. The van der Waals surface area contributed by atoms with Gasteiger partial charge in [-0.1, -0.05) is 0 Å². The molecule has 0 saturated carbocycles. The summed E-state index contributed by atoms with van der Waals surface area (Å²) in [4.78, 5) is 16.2.